The van der Waals surface area contributed by atoms with Crippen LogP contribution in [0.5, 0.6) is 0 Å². The SMILES string of the molecule is COCC(C)N(C)[C@H]1CCC(n2cc(C(N)=O)c(Nc3ccc(Cl)cc3)n2)[C@@H](CN)C1. The van der Waals surface area contributed by atoms with Crippen molar-refractivity contribution in [3.05, 3.63) is 41.0 Å². The minimum absolute atomic E-state index is 0.117. The van der Waals surface area contributed by atoms with Gasteiger partial charge in [0.2, 0.25) is 0 Å². The Labute approximate surface area is 188 Å². The normalized spacial score (nSPS) is 22.5. The van der Waals surface area contributed by atoms with Crippen LogP contribution < -0.4 is 16.8 Å². The molecule has 5 N–H and O–H groups in total. The number of carbonyl (C=O) groups excluding carboxylic acids is 1. The number of anilines is 2. The fourth-order valence-electron chi connectivity index (χ4n) is 4.42. The molecule has 0 bridgehead atoms. The molecule has 170 valence electrons. The third kappa shape index (κ3) is 5.57. The topological polar surface area (TPSA) is 111 Å². The fraction of sp³-hybridized carbons (Fsp3) is 0.545. The molecular formula is C22H33ClN6O2. The first-order valence-corrected chi connectivity index (χ1v) is 11.0. The molecule has 1 aliphatic rings. The van der Waals surface area contributed by atoms with Crippen LogP contribution in [0, 0.1) is 5.92 Å². The lowest BCUT2D eigenvalue weighted by atomic mass is 9.80. The van der Waals surface area contributed by atoms with E-state index in [1.54, 1.807) is 25.4 Å². The number of ether oxygens (including phenoxy) is 1. The molecule has 4 atom stereocenters. The maximum Gasteiger partial charge on any atom is 0.254 e. The van der Waals surface area contributed by atoms with Gasteiger partial charge in [-0.1, -0.05) is 11.6 Å². The molecule has 1 aromatic carbocycles. The number of hydrogen-bond donors (Lipinski definition) is 3. The van der Waals surface area contributed by atoms with Crippen LogP contribution >= 0.6 is 11.6 Å². The van der Waals surface area contributed by atoms with Crippen LogP contribution in [0.15, 0.2) is 30.5 Å². The lowest BCUT2D eigenvalue weighted by molar-refractivity contribution is 0.0526. The summed E-state index contributed by atoms with van der Waals surface area (Å²) in [4.78, 5) is 14.4. The summed E-state index contributed by atoms with van der Waals surface area (Å²) in [6.07, 6.45) is 4.66. The van der Waals surface area contributed by atoms with Crippen LogP contribution in [-0.2, 0) is 4.74 Å². The average Bonchev–Trinajstić information content (AvgIpc) is 3.18. The van der Waals surface area contributed by atoms with Crippen molar-refractivity contribution in [3.8, 4) is 0 Å². The fourth-order valence-corrected chi connectivity index (χ4v) is 4.54. The number of rotatable bonds is 9. The highest BCUT2D eigenvalue weighted by Crippen LogP contribution is 2.36. The van der Waals surface area contributed by atoms with Crippen LogP contribution in [0.25, 0.3) is 0 Å². The number of methoxy groups -OCH3 is 1. The molecule has 1 aromatic heterocycles. The van der Waals surface area contributed by atoms with E-state index in [9.17, 15) is 4.79 Å². The van der Waals surface area contributed by atoms with E-state index in [-0.39, 0.29) is 12.0 Å². The van der Waals surface area contributed by atoms with Crippen molar-refractivity contribution in [1.29, 1.82) is 0 Å². The van der Waals surface area contributed by atoms with Gasteiger partial charge in [0.1, 0.15) is 5.56 Å². The molecule has 0 saturated heterocycles. The van der Waals surface area contributed by atoms with Gasteiger partial charge in [-0.3, -0.25) is 14.4 Å². The van der Waals surface area contributed by atoms with Crippen LogP contribution in [0.1, 0.15) is 42.6 Å². The van der Waals surface area contributed by atoms with Gasteiger partial charge in [-0.2, -0.15) is 5.10 Å². The summed E-state index contributed by atoms with van der Waals surface area (Å²) in [6.45, 7) is 3.43. The summed E-state index contributed by atoms with van der Waals surface area (Å²) in [5.41, 5.74) is 12.9. The number of nitrogens with one attached hydrogen (secondary N) is 1. The summed E-state index contributed by atoms with van der Waals surface area (Å²) in [7, 11) is 3.88. The Morgan fingerprint density at radius 1 is 1.39 bits per heavy atom. The van der Waals surface area contributed by atoms with Gasteiger partial charge in [0.25, 0.3) is 5.91 Å². The number of halogens is 1. The highest BCUT2D eigenvalue weighted by Gasteiger charge is 2.35. The Morgan fingerprint density at radius 2 is 2.10 bits per heavy atom. The van der Waals surface area contributed by atoms with Gasteiger partial charge in [-0.15, -0.1) is 0 Å². The zero-order valence-corrected chi connectivity index (χ0v) is 19.2. The first-order valence-electron chi connectivity index (χ1n) is 10.7. The van der Waals surface area contributed by atoms with Crippen molar-refractivity contribution >= 4 is 29.0 Å². The Kier molecular flexibility index (Phi) is 7.94. The highest BCUT2D eigenvalue weighted by atomic mass is 35.5. The van der Waals surface area contributed by atoms with Crippen LogP contribution in [0.4, 0.5) is 11.5 Å². The zero-order valence-electron chi connectivity index (χ0n) is 18.4. The maximum absolute atomic E-state index is 12.1. The third-order valence-electron chi connectivity index (χ3n) is 6.34. The predicted octanol–water partition coefficient (Wildman–Crippen LogP) is 3.01. The standard InChI is InChI=1S/C22H33ClN6O2/c1-14(13-31-3)28(2)18-8-9-20(15(10-18)11-24)29-12-19(21(25)30)22(27-29)26-17-6-4-16(23)5-7-17/h4-7,12,14-15,18,20H,8-11,13,24H2,1-3H3,(H2,25,30)(H,26,27)/t14?,15-,18+,20?/m1/s1. The van der Waals surface area contributed by atoms with Crippen molar-refractivity contribution < 1.29 is 9.53 Å². The molecule has 0 radical (unpaired) electrons. The second kappa shape index (κ2) is 10.5. The first kappa shape index (κ1) is 23.5. The van der Waals surface area contributed by atoms with Gasteiger partial charge < -0.3 is 21.5 Å². The molecule has 1 fully saturated rings. The second-order valence-electron chi connectivity index (χ2n) is 8.37. The number of aromatic nitrogens is 2. The lowest BCUT2D eigenvalue weighted by Gasteiger charge is -2.41. The van der Waals surface area contributed by atoms with E-state index in [4.69, 9.17) is 27.8 Å². The number of carbonyl (C=O) groups is 1. The summed E-state index contributed by atoms with van der Waals surface area (Å²) in [6, 6.07) is 8.11. The van der Waals surface area contributed by atoms with Crippen molar-refractivity contribution in [2.45, 2.75) is 44.3 Å². The van der Waals surface area contributed by atoms with Crippen LogP contribution in [0.2, 0.25) is 5.02 Å². The Morgan fingerprint density at radius 3 is 2.71 bits per heavy atom. The van der Waals surface area contributed by atoms with E-state index < -0.39 is 5.91 Å². The molecule has 1 heterocycles. The minimum Gasteiger partial charge on any atom is -0.383 e. The van der Waals surface area contributed by atoms with Gasteiger partial charge in [0.05, 0.1) is 12.6 Å². The Balaban J connectivity index is 1.78. The quantitative estimate of drug-likeness (QED) is 0.543. The lowest BCUT2D eigenvalue weighted by Crippen LogP contribution is -2.46. The number of benzene rings is 1. The first-order chi connectivity index (χ1) is 14.8. The number of nitrogens with two attached hydrogens (primary N) is 2. The van der Waals surface area contributed by atoms with Crippen LogP contribution in [-0.4, -0.2) is 60.0 Å². The van der Waals surface area contributed by atoms with Crippen LogP contribution in [0.3, 0.4) is 0 Å². The molecule has 2 aromatic rings. The number of likely N-dealkylation sites (N-methyl/N-ethyl adjacent to an activating group) is 1. The Bertz CT molecular complexity index is 871. The van der Waals surface area contributed by atoms with E-state index in [2.05, 4.69) is 29.3 Å². The molecular weight excluding hydrogens is 416 g/mol. The largest absolute Gasteiger partial charge is 0.383 e. The van der Waals surface area contributed by atoms with E-state index in [1.165, 1.54) is 0 Å². The molecule has 31 heavy (non-hydrogen) atoms. The van der Waals surface area contributed by atoms with E-state index in [0.717, 1.165) is 24.9 Å². The number of hydrogen-bond acceptors (Lipinski definition) is 6. The molecule has 8 nitrogen and oxygen atoms in total. The molecule has 1 saturated carbocycles. The molecule has 1 amide bonds. The molecule has 0 aliphatic heterocycles. The third-order valence-corrected chi connectivity index (χ3v) is 6.59. The van der Waals surface area contributed by atoms with Crippen molar-refractivity contribution in [3.63, 3.8) is 0 Å². The molecule has 2 unspecified atom stereocenters. The van der Waals surface area contributed by atoms with Gasteiger partial charge in [0, 0.05) is 36.1 Å². The smallest absolute Gasteiger partial charge is 0.254 e. The summed E-state index contributed by atoms with van der Waals surface area (Å²) in [5, 5.41) is 8.51. The van der Waals surface area contributed by atoms with E-state index in [1.807, 2.05) is 16.8 Å². The van der Waals surface area contributed by atoms with E-state index >= 15 is 0 Å². The van der Waals surface area contributed by atoms with Gasteiger partial charge >= 0.3 is 0 Å². The molecule has 0 spiro atoms. The second-order valence-corrected chi connectivity index (χ2v) is 8.80. The van der Waals surface area contributed by atoms with Gasteiger partial charge in [0.15, 0.2) is 5.82 Å². The number of nitrogens with zero attached hydrogens (tertiary/aromatic N) is 3. The molecule has 1 aliphatic carbocycles. The molecule has 9 heteroatoms. The minimum atomic E-state index is -0.520. The summed E-state index contributed by atoms with van der Waals surface area (Å²) >= 11 is 5.96. The zero-order chi connectivity index (χ0) is 22.5. The van der Waals surface area contributed by atoms with Gasteiger partial charge in [-0.05, 0) is 70.0 Å². The predicted molar refractivity (Wildman–Crippen MR) is 124 cm³/mol. The maximum atomic E-state index is 12.1. The summed E-state index contributed by atoms with van der Waals surface area (Å²) in [5.74, 6) is 0.173. The summed E-state index contributed by atoms with van der Waals surface area (Å²) < 4.78 is 7.18. The van der Waals surface area contributed by atoms with Crippen molar-refractivity contribution in [2.24, 2.45) is 17.4 Å². The number of primary amides is 1. The van der Waals surface area contributed by atoms with Crippen molar-refractivity contribution in [2.75, 3.05) is 32.6 Å². The highest BCUT2D eigenvalue weighted by molar-refractivity contribution is 6.30. The van der Waals surface area contributed by atoms with Crippen molar-refractivity contribution in [1.82, 2.24) is 14.7 Å². The number of amides is 1. The Hall–Kier alpha value is -2.13. The van der Waals surface area contributed by atoms with Gasteiger partial charge in [-0.25, -0.2) is 0 Å². The average molecular weight is 449 g/mol. The molecule has 3 rings (SSSR count). The monoisotopic (exact) mass is 448 g/mol. The van der Waals surface area contributed by atoms with E-state index in [0.29, 0.717) is 41.6 Å².